The Morgan fingerprint density at radius 3 is 2.20 bits per heavy atom. The highest BCUT2D eigenvalue weighted by Gasteiger charge is 2.41. The third kappa shape index (κ3) is 5.36. The molecule has 0 saturated carbocycles. The summed E-state index contributed by atoms with van der Waals surface area (Å²) in [5.41, 5.74) is 4.30. The van der Waals surface area contributed by atoms with Crippen molar-refractivity contribution in [3.63, 3.8) is 0 Å². The highest BCUT2D eigenvalue weighted by Crippen LogP contribution is 2.41. The summed E-state index contributed by atoms with van der Waals surface area (Å²) in [6.45, 7) is 2.22. The topological polar surface area (TPSA) is 105 Å². The van der Waals surface area contributed by atoms with E-state index in [1.165, 1.54) is 4.90 Å². The molecule has 0 radical (unpaired) electrons. The molecule has 0 fully saturated rings. The summed E-state index contributed by atoms with van der Waals surface area (Å²) in [6, 6.07) is 26.3. The number of carbonyl (C=O) groups is 5. The number of halogens is 2. The summed E-state index contributed by atoms with van der Waals surface area (Å²) < 4.78 is 0. The molecule has 3 amide bonds. The first-order chi connectivity index (χ1) is 26.1. The zero-order valence-corrected chi connectivity index (χ0v) is 31.1. The standard InChI is InChI=1S/C43H29Cl2N3O5S/c1-2-3-16-54-25-11-12-27-31(18-25)40(50)37(39(27)49)34-14-13-26-23(20-48-41(51)28-8-4-6-22-7-5-9-29(36(22)28)42(48)52)10-15-35(38(26)46-34)47-21-24-17-32(44)33(45)19-30(24)43(47)53/h4-15,17-19,37H,2-3,16,20-21H2,1H3. The first-order valence-corrected chi connectivity index (χ1v) is 19.3. The summed E-state index contributed by atoms with van der Waals surface area (Å²) in [7, 11) is 0. The van der Waals surface area contributed by atoms with Gasteiger partial charge >= 0.3 is 0 Å². The minimum Gasteiger partial charge on any atom is -0.302 e. The van der Waals surface area contributed by atoms with Gasteiger partial charge in [0.15, 0.2) is 11.6 Å². The second-order valence-corrected chi connectivity index (χ2v) is 15.7. The fourth-order valence-corrected chi connectivity index (χ4v) is 9.14. The Kier molecular flexibility index (Phi) is 8.41. The maximum atomic E-state index is 14.0. The van der Waals surface area contributed by atoms with Gasteiger partial charge in [0.1, 0.15) is 5.92 Å². The van der Waals surface area contributed by atoms with E-state index in [2.05, 4.69) is 6.92 Å². The van der Waals surface area contributed by atoms with Gasteiger partial charge in [-0.25, -0.2) is 4.98 Å². The number of aromatic nitrogens is 1. The van der Waals surface area contributed by atoms with Crippen LogP contribution >= 0.6 is 35.0 Å². The lowest BCUT2D eigenvalue weighted by atomic mass is 9.93. The number of carbonyl (C=O) groups excluding carboxylic acids is 5. The summed E-state index contributed by atoms with van der Waals surface area (Å²) in [5, 5.41) is 2.57. The molecule has 3 aliphatic rings. The van der Waals surface area contributed by atoms with Crippen LogP contribution < -0.4 is 4.90 Å². The molecule has 0 bridgehead atoms. The van der Waals surface area contributed by atoms with E-state index in [-0.39, 0.29) is 41.3 Å². The molecule has 9 rings (SSSR count). The zero-order valence-electron chi connectivity index (χ0n) is 28.8. The highest BCUT2D eigenvalue weighted by atomic mass is 35.5. The Hall–Kier alpha value is -5.35. The number of amides is 3. The number of imide groups is 1. The average molecular weight is 771 g/mol. The molecule has 5 aromatic carbocycles. The molecule has 2 aliphatic heterocycles. The zero-order chi connectivity index (χ0) is 37.4. The number of fused-ring (bicyclic) bond motifs is 3. The van der Waals surface area contributed by atoms with Crippen LogP contribution in [-0.4, -0.2) is 44.9 Å². The molecule has 54 heavy (non-hydrogen) atoms. The molecule has 0 N–H and O–H groups in total. The fraction of sp³-hybridized carbons (Fsp3) is 0.163. The van der Waals surface area contributed by atoms with Crippen molar-refractivity contribution < 1.29 is 24.0 Å². The van der Waals surface area contributed by atoms with Gasteiger partial charge in [-0.2, -0.15) is 0 Å². The Balaban J connectivity index is 1.14. The van der Waals surface area contributed by atoms with E-state index < -0.39 is 17.7 Å². The van der Waals surface area contributed by atoms with Crippen LogP contribution in [0.3, 0.4) is 0 Å². The highest BCUT2D eigenvalue weighted by molar-refractivity contribution is 7.99. The van der Waals surface area contributed by atoms with E-state index in [0.717, 1.165) is 28.9 Å². The van der Waals surface area contributed by atoms with Gasteiger partial charge < -0.3 is 4.90 Å². The van der Waals surface area contributed by atoms with Crippen LogP contribution in [0.2, 0.25) is 10.0 Å². The third-order valence-corrected chi connectivity index (χ3v) is 12.3. The van der Waals surface area contributed by atoms with Crippen molar-refractivity contribution >= 4 is 91.6 Å². The van der Waals surface area contributed by atoms with Gasteiger partial charge in [0.25, 0.3) is 17.7 Å². The Labute approximate surface area is 324 Å². The van der Waals surface area contributed by atoms with E-state index in [0.29, 0.717) is 65.9 Å². The predicted molar refractivity (Wildman–Crippen MR) is 210 cm³/mol. The van der Waals surface area contributed by atoms with Crippen LogP contribution in [0.1, 0.15) is 94.3 Å². The lowest BCUT2D eigenvalue weighted by molar-refractivity contribution is 0.0597. The molecule has 8 nitrogen and oxygen atoms in total. The van der Waals surface area contributed by atoms with Crippen molar-refractivity contribution in [2.45, 2.75) is 43.7 Å². The van der Waals surface area contributed by atoms with Crippen molar-refractivity contribution in [2.75, 3.05) is 10.7 Å². The van der Waals surface area contributed by atoms with Crippen LogP contribution in [-0.2, 0) is 13.1 Å². The Morgan fingerprint density at radius 2 is 1.46 bits per heavy atom. The van der Waals surface area contributed by atoms with Gasteiger partial charge in [0.2, 0.25) is 0 Å². The van der Waals surface area contributed by atoms with E-state index in [1.807, 2.05) is 18.2 Å². The van der Waals surface area contributed by atoms with Crippen LogP contribution in [0.25, 0.3) is 21.7 Å². The van der Waals surface area contributed by atoms with Crippen LogP contribution in [0, 0.1) is 0 Å². The molecule has 11 heteroatoms. The minimum absolute atomic E-state index is 0.0786. The quantitative estimate of drug-likeness (QED) is 0.0657. The molecule has 1 aliphatic carbocycles. The van der Waals surface area contributed by atoms with Gasteiger partial charge in [0, 0.05) is 43.5 Å². The predicted octanol–water partition coefficient (Wildman–Crippen LogP) is 9.71. The summed E-state index contributed by atoms with van der Waals surface area (Å²) in [5.74, 6) is -2.08. The SMILES string of the molecule is CCCCSc1ccc2c(c1)C(=O)C(c1ccc3c(CN4C(=O)c5cccc6cccc(c56)C4=O)ccc(N4Cc5cc(Cl)c(Cl)cc5C4=O)c3n1)C2=O. The first kappa shape index (κ1) is 34.4. The van der Waals surface area contributed by atoms with Crippen LogP contribution in [0.15, 0.2) is 95.9 Å². The Morgan fingerprint density at radius 1 is 0.741 bits per heavy atom. The largest absolute Gasteiger partial charge is 0.302 e. The van der Waals surface area contributed by atoms with E-state index in [4.69, 9.17) is 28.2 Å². The number of hydrogen-bond acceptors (Lipinski definition) is 7. The fourth-order valence-electron chi connectivity index (χ4n) is 7.75. The minimum atomic E-state index is -1.16. The number of nitrogens with zero attached hydrogens (tertiary/aromatic N) is 3. The monoisotopic (exact) mass is 769 g/mol. The Bertz CT molecular complexity index is 2640. The molecular formula is C43H29Cl2N3O5S. The number of rotatable bonds is 8. The van der Waals surface area contributed by atoms with Crippen molar-refractivity contribution in [3.8, 4) is 0 Å². The van der Waals surface area contributed by atoms with Gasteiger partial charge in [-0.05, 0) is 83.3 Å². The molecule has 0 spiro atoms. The summed E-state index contributed by atoms with van der Waals surface area (Å²) >= 11 is 14.3. The average Bonchev–Trinajstić information content (AvgIpc) is 3.62. The number of ketones is 2. The summed E-state index contributed by atoms with van der Waals surface area (Å²) in [6.07, 6.45) is 2.09. The maximum absolute atomic E-state index is 14.0. The van der Waals surface area contributed by atoms with E-state index in [9.17, 15) is 24.0 Å². The number of unbranched alkanes of at least 4 members (excludes halogenated alkanes) is 1. The number of pyridine rings is 1. The van der Waals surface area contributed by atoms with Crippen LogP contribution in [0.4, 0.5) is 5.69 Å². The number of thioether (sulfide) groups is 1. The molecule has 3 heterocycles. The number of hydrogen-bond donors (Lipinski definition) is 0. The normalized spacial score (nSPS) is 16.3. The molecule has 266 valence electrons. The summed E-state index contributed by atoms with van der Waals surface area (Å²) in [4.78, 5) is 78.2. The van der Waals surface area contributed by atoms with Gasteiger partial charge in [-0.15, -0.1) is 11.8 Å². The smallest absolute Gasteiger partial charge is 0.261 e. The number of Topliss-reactive ketones (excluding diaryl/α,β-unsaturated/α-hetero) is 2. The molecule has 1 aromatic heterocycles. The molecular weight excluding hydrogens is 741 g/mol. The molecule has 1 unspecified atom stereocenters. The second kappa shape index (κ2) is 13.2. The van der Waals surface area contributed by atoms with Crippen molar-refractivity contribution in [3.05, 3.63) is 146 Å². The van der Waals surface area contributed by atoms with E-state index >= 15 is 0 Å². The lowest BCUT2D eigenvalue weighted by Gasteiger charge is -2.28. The molecule has 6 aromatic rings. The van der Waals surface area contributed by atoms with Crippen molar-refractivity contribution in [1.82, 2.24) is 9.88 Å². The number of benzene rings is 5. The maximum Gasteiger partial charge on any atom is 0.261 e. The first-order valence-electron chi connectivity index (χ1n) is 17.6. The van der Waals surface area contributed by atoms with Gasteiger partial charge in [-0.3, -0.25) is 28.9 Å². The van der Waals surface area contributed by atoms with Gasteiger partial charge in [-0.1, -0.05) is 72.9 Å². The lowest BCUT2D eigenvalue weighted by Crippen LogP contribution is -2.39. The van der Waals surface area contributed by atoms with E-state index in [1.54, 1.807) is 89.5 Å². The molecule has 1 atom stereocenters. The molecule has 0 saturated heterocycles. The van der Waals surface area contributed by atoms with Crippen LogP contribution in [0.5, 0.6) is 0 Å². The van der Waals surface area contributed by atoms with Crippen molar-refractivity contribution in [2.24, 2.45) is 0 Å². The van der Waals surface area contributed by atoms with Gasteiger partial charge in [0.05, 0.1) is 40.0 Å². The second-order valence-electron chi connectivity index (χ2n) is 13.7. The third-order valence-electron chi connectivity index (χ3n) is 10.5. The van der Waals surface area contributed by atoms with Crippen molar-refractivity contribution in [1.29, 1.82) is 0 Å². The number of anilines is 1.